The van der Waals surface area contributed by atoms with Crippen LogP contribution in [0.4, 0.5) is 5.69 Å². The molecule has 0 fully saturated rings. The molecule has 1 aliphatic rings. The number of halogens is 1. The number of hydrogen-bond donors (Lipinski definition) is 2. The fourth-order valence-electron chi connectivity index (χ4n) is 2.95. The van der Waals surface area contributed by atoms with Crippen LogP contribution in [-0.4, -0.2) is 30.6 Å². The van der Waals surface area contributed by atoms with E-state index in [-0.39, 0.29) is 24.0 Å². The van der Waals surface area contributed by atoms with Crippen LogP contribution in [0.1, 0.15) is 28.1 Å². The molecule has 0 radical (unpaired) electrons. The molecular weight excluding hydrogens is 469 g/mol. The maximum atomic E-state index is 4.75. The Kier molecular flexibility index (Phi) is 8.56. The molecule has 0 unspecified atom stereocenters. The van der Waals surface area contributed by atoms with Gasteiger partial charge >= 0.3 is 0 Å². The molecule has 0 spiro atoms. The minimum Gasteiger partial charge on any atom is -0.364 e. The molecule has 0 aliphatic carbocycles. The minimum atomic E-state index is 0. The van der Waals surface area contributed by atoms with E-state index in [1.807, 2.05) is 6.92 Å². The summed E-state index contributed by atoms with van der Waals surface area (Å²) in [4.78, 5) is 12.8. The standard InChI is InChI=1S/C20H27N5S.HI/c1-4-21-20(23-14-19-15(2)24-16(3)26-19)22-13-17-8-7-9-18(12-17)25-10-5-6-11-25;/h5-9,12H,4,10-11,13-14H2,1-3H3,(H2,21,22,23);1H. The van der Waals surface area contributed by atoms with E-state index in [0.717, 1.165) is 42.8 Å². The van der Waals surface area contributed by atoms with Gasteiger partial charge in [0.1, 0.15) is 0 Å². The van der Waals surface area contributed by atoms with Crippen LogP contribution in [-0.2, 0) is 13.1 Å². The van der Waals surface area contributed by atoms with Crippen molar-refractivity contribution in [2.45, 2.75) is 33.9 Å². The predicted molar refractivity (Wildman–Crippen MR) is 126 cm³/mol. The number of aryl methyl sites for hydroxylation is 2. The average Bonchev–Trinajstić information content (AvgIpc) is 3.27. The van der Waals surface area contributed by atoms with Crippen molar-refractivity contribution in [1.29, 1.82) is 0 Å². The molecular formula is C20H28IN5S. The summed E-state index contributed by atoms with van der Waals surface area (Å²) < 4.78 is 0. The summed E-state index contributed by atoms with van der Waals surface area (Å²) in [6.45, 7) is 10.4. The Morgan fingerprint density at radius 2 is 2.00 bits per heavy atom. The monoisotopic (exact) mass is 497 g/mol. The number of aliphatic imine (C=N–C) groups is 1. The second-order valence-corrected chi connectivity index (χ2v) is 7.62. The summed E-state index contributed by atoms with van der Waals surface area (Å²) in [7, 11) is 0. The molecule has 5 nitrogen and oxygen atoms in total. The Morgan fingerprint density at radius 3 is 2.67 bits per heavy atom. The molecule has 1 aromatic carbocycles. The van der Waals surface area contributed by atoms with E-state index in [0.29, 0.717) is 6.54 Å². The van der Waals surface area contributed by atoms with Gasteiger partial charge in [0, 0.05) is 30.2 Å². The second-order valence-electron chi connectivity index (χ2n) is 6.34. The molecule has 1 aliphatic heterocycles. The number of nitrogens with one attached hydrogen (secondary N) is 2. The molecule has 0 saturated heterocycles. The van der Waals surface area contributed by atoms with Gasteiger partial charge in [-0.2, -0.15) is 0 Å². The van der Waals surface area contributed by atoms with Crippen LogP contribution in [0.15, 0.2) is 41.4 Å². The van der Waals surface area contributed by atoms with Crippen LogP contribution in [0.3, 0.4) is 0 Å². The van der Waals surface area contributed by atoms with Gasteiger partial charge in [0.25, 0.3) is 0 Å². The first kappa shape index (κ1) is 21.7. The lowest BCUT2D eigenvalue weighted by Gasteiger charge is -2.18. The van der Waals surface area contributed by atoms with Crippen LogP contribution in [0.2, 0.25) is 0 Å². The smallest absolute Gasteiger partial charge is 0.191 e. The number of benzene rings is 1. The van der Waals surface area contributed by atoms with Gasteiger partial charge in [-0.1, -0.05) is 24.3 Å². The van der Waals surface area contributed by atoms with E-state index in [2.05, 4.69) is 70.8 Å². The third kappa shape index (κ3) is 6.21. The lowest BCUT2D eigenvalue weighted by atomic mass is 10.2. The fourth-order valence-corrected chi connectivity index (χ4v) is 3.83. The zero-order valence-electron chi connectivity index (χ0n) is 16.2. The van der Waals surface area contributed by atoms with E-state index in [1.165, 1.54) is 16.1 Å². The van der Waals surface area contributed by atoms with E-state index >= 15 is 0 Å². The summed E-state index contributed by atoms with van der Waals surface area (Å²) in [5.74, 6) is 0.839. The first-order chi connectivity index (χ1) is 12.7. The highest BCUT2D eigenvalue weighted by atomic mass is 127. The third-order valence-corrected chi connectivity index (χ3v) is 5.35. The number of hydrogen-bond acceptors (Lipinski definition) is 4. The summed E-state index contributed by atoms with van der Waals surface area (Å²) in [6, 6.07) is 8.65. The van der Waals surface area contributed by atoms with Crippen molar-refractivity contribution in [2.24, 2.45) is 4.99 Å². The summed E-state index contributed by atoms with van der Waals surface area (Å²) >= 11 is 1.74. The lowest BCUT2D eigenvalue weighted by Crippen LogP contribution is -2.36. The first-order valence-corrected chi connectivity index (χ1v) is 9.91. The molecule has 2 heterocycles. The first-order valence-electron chi connectivity index (χ1n) is 9.09. The highest BCUT2D eigenvalue weighted by Crippen LogP contribution is 2.19. The van der Waals surface area contributed by atoms with E-state index in [1.54, 1.807) is 11.3 Å². The Bertz CT molecular complexity index is 791. The summed E-state index contributed by atoms with van der Waals surface area (Å²) in [5, 5.41) is 7.85. The molecule has 27 heavy (non-hydrogen) atoms. The van der Waals surface area contributed by atoms with Gasteiger partial charge in [0.2, 0.25) is 0 Å². The predicted octanol–water partition coefficient (Wildman–Crippen LogP) is 4.01. The Balaban J connectivity index is 0.00000261. The van der Waals surface area contributed by atoms with Gasteiger partial charge in [-0.15, -0.1) is 35.3 Å². The average molecular weight is 497 g/mol. The van der Waals surface area contributed by atoms with E-state index < -0.39 is 0 Å². The molecule has 3 rings (SSSR count). The van der Waals surface area contributed by atoms with Crippen LogP contribution in [0, 0.1) is 13.8 Å². The van der Waals surface area contributed by atoms with Crippen LogP contribution in [0.5, 0.6) is 0 Å². The van der Waals surface area contributed by atoms with Gasteiger partial charge in [-0.05, 0) is 38.5 Å². The summed E-state index contributed by atoms with van der Waals surface area (Å²) in [5.41, 5.74) is 3.58. The molecule has 0 saturated carbocycles. The van der Waals surface area contributed by atoms with Gasteiger partial charge < -0.3 is 15.5 Å². The van der Waals surface area contributed by atoms with Crippen molar-refractivity contribution < 1.29 is 0 Å². The van der Waals surface area contributed by atoms with Gasteiger partial charge in [-0.3, -0.25) is 0 Å². The molecule has 1 aromatic heterocycles. The Hall–Kier alpha value is -1.61. The third-order valence-electron chi connectivity index (χ3n) is 4.27. The molecule has 146 valence electrons. The minimum absolute atomic E-state index is 0. The number of rotatable bonds is 6. The largest absolute Gasteiger partial charge is 0.364 e. The molecule has 7 heteroatoms. The topological polar surface area (TPSA) is 52.6 Å². The second kappa shape index (κ2) is 10.7. The van der Waals surface area contributed by atoms with Gasteiger partial charge in [-0.25, -0.2) is 9.98 Å². The Morgan fingerprint density at radius 1 is 1.22 bits per heavy atom. The normalized spacial score (nSPS) is 13.6. The molecule has 2 N–H and O–H groups in total. The maximum Gasteiger partial charge on any atom is 0.191 e. The number of guanidine groups is 1. The number of thiazole rings is 1. The molecule has 0 bridgehead atoms. The van der Waals surface area contributed by atoms with Crippen molar-refractivity contribution >= 4 is 47.0 Å². The van der Waals surface area contributed by atoms with Gasteiger partial charge in [0.05, 0.1) is 23.8 Å². The van der Waals surface area contributed by atoms with Crippen LogP contribution < -0.4 is 15.5 Å². The Labute approximate surface area is 183 Å². The van der Waals surface area contributed by atoms with Crippen molar-refractivity contribution in [3.63, 3.8) is 0 Å². The van der Waals surface area contributed by atoms with Gasteiger partial charge in [0.15, 0.2) is 5.96 Å². The number of anilines is 1. The zero-order valence-corrected chi connectivity index (χ0v) is 19.3. The quantitative estimate of drug-likeness (QED) is 0.274. The number of aromatic nitrogens is 1. The fraction of sp³-hybridized carbons (Fsp3) is 0.400. The van der Waals surface area contributed by atoms with Crippen molar-refractivity contribution in [1.82, 2.24) is 15.6 Å². The highest BCUT2D eigenvalue weighted by molar-refractivity contribution is 14.0. The molecule has 2 aromatic rings. The SMILES string of the molecule is CCNC(=NCc1cccc(N2CC=CC2)c1)NCc1sc(C)nc1C.I. The van der Waals surface area contributed by atoms with Crippen LogP contribution in [0.25, 0.3) is 0 Å². The zero-order chi connectivity index (χ0) is 18.4. The highest BCUT2D eigenvalue weighted by Gasteiger charge is 2.08. The summed E-state index contributed by atoms with van der Waals surface area (Å²) in [6.07, 6.45) is 4.42. The van der Waals surface area contributed by atoms with Crippen LogP contribution >= 0.6 is 35.3 Å². The van der Waals surface area contributed by atoms with Crippen molar-refractivity contribution in [3.05, 3.63) is 57.6 Å². The van der Waals surface area contributed by atoms with E-state index in [4.69, 9.17) is 4.99 Å². The van der Waals surface area contributed by atoms with E-state index in [9.17, 15) is 0 Å². The number of nitrogens with zero attached hydrogens (tertiary/aromatic N) is 3. The maximum absolute atomic E-state index is 4.75. The molecule has 0 amide bonds. The van der Waals surface area contributed by atoms with Crippen molar-refractivity contribution in [3.8, 4) is 0 Å². The lowest BCUT2D eigenvalue weighted by molar-refractivity contribution is 0.818. The molecule has 0 atom stereocenters. The van der Waals surface area contributed by atoms with Crippen molar-refractivity contribution in [2.75, 3.05) is 24.5 Å².